The molecular weight excluding hydrogens is 250 g/mol. The minimum atomic E-state index is -0.533. The maximum atomic E-state index is 9.82. The highest BCUT2D eigenvalue weighted by Crippen LogP contribution is 2.17. The highest BCUT2D eigenvalue weighted by Gasteiger charge is 2.16. The first-order chi connectivity index (χ1) is 8.43. The number of aliphatic hydroxyl groups excluding tert-OH is 1. The fourth-order valence-electron chi connectivity index (χ4n) is 1.33. The zero-order chi connectivity index (χ0) is 13.6. The van der Waals surface area contributed by atoms with E-state index in [1.165, 1.54) is 0 Å². The van der Waals surface area contributed by atoms with Crippen molar-refractivity contribution in [2.24, 2.45) is 0 Å². The molecule has 0 amide bonds. The van der Waals surface area contributed by atoms with E-state index in [0.717, 1.165) is 6.42 Å². The van der Waals surface area contributed by atoms with Gasteiger partial charge in [0, 0.05) is 17.1 Å². The van der Waals surface area contributed by atoms with Crippen molar-refractivity contribution in [3.05, 3.63) is 29.3 Å². The Morgan fingerprint density at radius 1 is 1.44 bits per heavy atom. The summed E-state index contributed by atoms with van der Waals surface area (Å²) in [4.78, 5) is 0. The lowest BCUT2D eigenvalue weighted by Gasteiger charge is -2.26. The van der Waals surface area contributed by atoms with Crippen LogP contribution < -0.4 is 10.1 Å². The summed E-state index contributed by atoms with van der Waals surface area (Å²) in [6.07, 6.45) is 0.476. The third-order valence-corrected chi connectivity index (χ3v) is 3.17. The summed E-state index contributed by atoms with van der Waals surface area (Å²) in [5.41, 5.74) is 0.0387. The third kappa shape index (κ3) is 5.71. The van der Waals surface area contributed by atoms with Gasteiger partial charge in [-0.1, -0.05) is 24.6 Å². The molecule has 0 aliphatic rings. The molecule has 0 bridgehead atoms. The smallest absolute Gasteiger partial charge is 0.120 e. The maximum absolute atomic E-state index is 9.82. The van der Waals surface area contributed by atoms with Gasteiger partial charge in [0.1, 0.15) is 18.5 Å². The van der Waals surface area contributed by atoms with Crippen LogP contribution in [-0.4, -0.2) is 29.9 Å². The molecular formula is C14H22ClNO2. The fourth-order valence-corrected chi connectivity index (χ4v) is 1.51. The molecule has 102 valence electrons. The topological polar surface area (TPSA) is 41.5 Å². The summed E-state index contributed by atoms with van der Waals surface area (Å²) in [5.74, 6) is 0.677. The third-order valence-electron chi connectivity index (χ3n) is 2.94. The molecule has 1 aromatic carbocycles. The lowest BCUT2D eigenvalue weighted by Crippen LogP contribution is -2.44. The second kappa shape index (κ2) is 6.98. The quantitative estimate of drug-likeness (QED) is 0.801. The van der Waals surface area contributed by atoms with Gasteiger partial charge in [-0.3, -0.25) is 0 Å². The van der Waals surface area contributed by atoms with E-state index in [4.69, 9.17) is 16.3 Å². The van der Waals surface area contributed by atoms with Crippen molar-refractivity contribution in [3.63, 3.8) is 0 Å². The molecule has 0 heterocycles. The van der Waals surface area contributed by atoms with E-state index in [0.29, 0.717) is 17.3 Å². The molecule has 0 aliphatic carbocycles. The minimum absolute atomic E-state index is 0.0387. The Balaban J connectivity index is 2.31. The van der Waals surface area contributed by atoms with Crippen molar-refractivity contribution >= 4 is 11.6 Å². The van der Waals surface area contributed by atoms with Crippen LogP contribution in [0.5, 0.6) is 5.75 Å². The second-order valence-electron chi connectivity index (χ2n) is 5.04. The molecule has 3 nitrogen and oxygen atoms in total. The fraction of sp³-hybridized carbons (Fsp3) is 0.571. The van der Waals surface area contributed by atoms with Crippen LogP contribution in [0.3, 0.4) is 0 Å². The molecule has 1 unspecified atom stereocenters. The van der Waals surface area contributed by atoms with Crippen LogP contribution >= 0.6 is 11.6 Å². The number of hydrogen-bond acceptors (Lipinski definition) is 3. The SMILES string of the molecule is CCC(C)(C)NCC(O)COc1cccc(Cl)c1. The molecule has 1 atom stereocenters. The van der Waals surface area contributed by atoms with Gasteiger partial charge in [-0.2, -0.15) is 0 Å². The largest absolute Gasteiger partial charge is 0.491 e. The average molecular weight is 272 g/mol. The number of aliphatic hydroxyl groups is 1. The van der Waals surface area contributed by atoms with E-state index < -0.39 is 6.10 Å². The normalized spacial score (nSPS) is 13.4. The number of nitrogens with one attached hydrogen (secondary N) is 1. The molecule has 0 saturated carbocycles. The van der Waals surface area contributed by atoms with E-state index in [2.05, 4.69) is 26.1 Å². The van der Waals surface area contributed by atoms with Crippen LogP contribution in [0.25, 0.3) is 0 Å². The van der Waals surface area contributed by atoms with Gasteiger partial charge in [-0.25, -0.2) is 0 Å². The molecule has 2 N–H and O–H groups in total. The second-order valence-corrected chi connectivity index (χ2v) is 5.48. The van der Waals surface area contributed by atoms with E-state index in [9.17, 15) is 5.11 Å². The molecule has 0 radical (unpaired) electrons. The number of halogens is 1. The van der Waals surface area contributed by atoms with Gasteiger partial charge >= 0.3 is 0 Å². The minimum Gasteiger partial charge on any atom is -0.491 e. The Hall–Kier alpha value is -0.770. The van der Waals surface area contributed by atoms with Crippen LogP contribution in [-0.2, 0) is 0 Å². The first-order valence-electron chi connectivity index (χ1n) is 6.24. The first-order valence-corrected chi connectivity index (χ1v) is 6.62. The highest BCUT2D eigenvalue weighted by molar-refractivity contribution is 6.30. The van der Waals surface area contributed by atoms with E-state index in [-0.39, 0.29) is 12.1 Å². The Labute approximate surface area is 114 Å². The Kier molecular flexibility index (Phi) is 5.93. The van der Waals surface area contributed by atoms with Crippen LogP contribution in [0.15, 0.2) is 24.3 Å². The van der Waals surface area contributed by atoms with Crippen LogP contribution in [0, 0.1) is 0 Å². The van der Waals surface area contributed by atoms with Crippen molar-refractivity contribution in [2.75, 3.05) is 13.2 Å². The Morgan fingerprint density at radius 3 is 2.78 bits per heavy atom. The monoisotopic (exact) mass is 271 g/mol. The Bertz CT molecular complexity index is 369. The van der Waals surface area contributed by atoms with Gasteiger partial charge in [0.25, 0.3) is 0 Å². The van der Waals surface area contributed by atoms with Gasteiger partial charge in [0.2, 0.25) is 0 Å². The van der Waals surface area contributed by atoms with Gasteiger partial charge in [0.05, 0.1) is 0 Å². The summed E-state index contributed by atoms with van der Waals surface area (Å²) in [6, 6.07) is 7.17. The molecule has 4 heteroatoms. The molecule has 0 aliphatic heterocycles. The maximum Gasteiger partial charge on any atom is 0.120 e. The van der Waals surface area contributed by atoms with Gasteiger partial charge in [-0.15, -0.1) is 0 Å². The van der Waals surface area contributed by atoms with E-state index >= 15 is 0 Å². The predicted octanol–water partition coefficient (Wildman–Crippen LogP) is 2.86. The van der Waals surface area contributed by atoms with Crippen LogP contribution in [0.4, 0.5) is 0 Å². The number of rotatable bonds is 7. The van der Waals surface area contributed by atoms with Crippen molar-refractivity contribution in [1.29, 1.82) is 0 Å². The molecule has 1 aromatic rings. The standard InChI is InChI=1S/C14H22ClNO2/c1-4-14(2,3)16-9-12(17)10-18-13-7-5-6-11(15)8-13/h5-8,12,16-17H,4,9-10H2,1-3H3. The first kappa shape index (κ1) is 15.3. The zero-order valence-electron chi connectivity index (χ0n) is 11.2. The van der Waals surface area contributed by atoms with Crippen LogP contribution in [0.1, 0.15) is 27.2 Å². The lowest BCUT2D eigenvalue weighted by atomic mass is 10.0. The number of β-amino-alcohol motifs (C(OH)–C–C–N with tert-alkyl or cyclic N) is 1. The summed E-state index contributed by atoms with van der Waals surface area (Å²) >= 11 is 5.85. The van der Waals surface area contributed by atoms with E-state index in [1.54, 1.807) is 12.1 Å². The molecule has 18 heavy (non-hydrogen) atoms. The number of benzene rings is 1. The zero-order valence-corrected chi connectivity index (χ0v) is 12.0. The summed E-state index contributed by atoms with van der Waals surface area (Å²) in [7, 11) is 0. The summed E-state index contributed by atoms with van der Waals surface area (Å²) in [5, 5.41) is 13.7. The van der Waals surface area contributed by atoms with Gasteiger partial charge in [0.15, 0.2) is 0 Å². The molecule has 0 aromatic heterocycles. The van der Waals surface area contributed by atoms with Crippen molar-refractivity contribution in [2.45, 2.75) is 38.8 Å². The number of ether oxygens (including phenoxy) is 1. The Morgan fingerprint density at radius 2 is 2.17 bits per heavy atom. The molecule has 0 spiro atoms. The highest BCUT2D eigenvalue weighted by atomic mass is 35.5. The summed E-state index contributed by atoms with van der Waals surface area (Å²) < 4.78 is 5.47. The summed E-state index contributed by atoms with van der Waals surface area (Å²) in [6.45, 7) is 7.10. The molecule has 0 saturated heterocycles. The lowest BCUT2D eigenvalue weighted by molar-refractivity contribution is 0.0985. The predicted molar refractivity (Wildman–Crippen MR) is 75.3 cm³/mol. The van der Waals surface area contributed by atoms with Gasteiger partial charge in [-0.05, 0) is 38.5 Å². The molecule has 1 rings (SSSR count). The van der Waals surface area contributed by atoms with E-state index in [1.807, 2.05) is 12.1 Å². The van der Waals surface area contributed by atoms with Crippen molar-refractivity contribution in [1.82, 2.24) is 5.32 Å². The molecule has 0 fully saturated rings. The number of hydrogen-bond donors (Lipinski definition) is 2. The average Bonchev–Trinajstić information content (AvgIpc) is 2.34. The van der Waals surface area contributed by atoms with Gasteiger partial charge < -0.3 is 15.2 Å². The van der Waals surface area contributed by atoms with Crippen molar-refractivity contribution < 1.29 is 9.84 Å². The van der Waals surface area contributed by atoms with Crippen molar-refractivity contribution in [3.8, 4) is 5.75 Å². The van der Waals surface area contributed by atoms with Crippen LogP contribution in [0.2, 0.25) is 5.02 Å².